The van der Waals surface area contributed by atoms with Gasteiger partial charge in [0.2, 0.25) is 11.8 Å². The van der Waals surface area contributed by atoms with Crippen molar-refractivity contribution in [1.29, 1.82) is 5.26 Å². The Kier molecular flexibility index (Phi) is 22.0. The van der Waals surface area contributed by atoms with E-state index in [0.29, 0.717) is 25.8 Å². The van der Waals surface area contributed by atoms with E-state index in [-0.39, 0.29) is 35.3 Å². The van der Waals surface area contributed by atoms with E-state index < -0.39 is 35.7 Å². The zero-order chi connectivity index (χ0) is 35.2. The minimum atomic E-state index is -0.698. The van der Waals surface area contributed by atoms with E-state index in [1.165, 1.54) is 70.1 Å². The maximum Gasteiger partial charge on any atom is 0.302 e. The molecule has 1 aliphatic rings. The van der Waals surface area contributed by atoms with E-state index in [2.05, 4.69) is 26.8 Å². The van der Waals surface area contributed by atoms with Gasteiger partial charge in [0.15, 0.2) is 5.12 Å². The first kappa shape index (κ1) is 42.9. The van der Waals surface area contributed by atoms with Crippen LogP contribution in [0.25, 0.3) is 0 Å². The molecule has 1 rings (SSSR count). The lowest BCUT2D eigenvalue weighted by atomic mass is 9.81. The Hall–Kier alpha value is -2.08. The highest BCUT2D eigenvalue weighted by Gasteiger charge is 2.54. The fourth-order valence-electron chi connectivity index (χ4n) is 6.78. The summed E-state index contributed by atoms with van der Waals surface area (Å²) in [6.07, 6.45) is 17.6. The molecular formula is C38H67N3O5S. The Balaban J connectivity index is 2.86. The first-order valence-electron chi connectivity index (χ1n) is 18.8. The smallest absolute Gasteiger partial charge is 0.302 e. The topological polar surface area (TPSA) is 130 Å². The molecule has 1 saturated heterocycles. The second-order valence-electron chi connectivity index (χ2n) is 14.1. The van der Waals surface area contributed by atoms with Crippen LogP contribution in [-0.2, 0) is 23.9 Å². The minimum absolute atomic E-state index is 0.00611. The molecule has 0 aliphatic carbocycles. The Morgan fingerprint density at radius 2 is 1.45 bits per heavy atom. The van der Waals surface area contributed by atoms with Crippen LogP contribution in [0, 0.1) is 35.0 Å². The predicted octanol–water partition coefficient (Wildman–Crippen LogP) is 8.74. The monoisotopic (exact) mass is 677 g/mol. The number of primary amides is 1. The number of thioether (sulfide) groups is 1. The van der Waals surface area contributed by atoms with Gasteiger partial charge < -0.3 is 15.4 Å². The molecule has 9 heteroatoms. The number of amides is 2. The number of esters is 1. The number of carbonyl (C=O) groups is 4. The van der Waals surface area contributed by atoms with Crippen molar-refractivity contribution in [3.63, 3.8) is 0 Å². The number of ether oxygens (including phenoxy) is 1. The van der Waals surface area contributed by atoms with Crippen LogP contribution in [0.1, 0.15) is 164 Å². The molecule has 6 atom stereocenters. The number of nitrogens with two attached hydrogens (primary N) is 1. The molecule has 0 aromatic rings. The summed E-state index contributed by atoms with van der Waals surface area (Å²) in [4.78, 5) is 53.5. The van der Waals surface area contributed by atoms with Crippen LogP contribution in [0.4, 0.5) is 0 Å². The molecule has 47 heavy (non-hydrogen) atoms. The van der Waals surface area contributed by atoms with Gasteiger partial charge in [0, 0.05) is 43.4 Å². The third-order valence-electron chi connectivity index (χ3n) is 10.0. The molecule has 1 heterocycles. The molecular weight excluding hydrogens is 611 g/mol. The highest BCUT2D eigenvalue weighted by molar-refractivity contribution is 8.13. The van der Waals surface area contributed by atoms with E-state index in [9.17, 15) is 24.4 Å². The van der Waals surface area contributed by atoms with Crippen molar-refractivity contribution in [1.82, 2.24) is 4.90 Å². The fourth-order valence-corrected chi connectivity index (χ4v) is 7.71. The van der Waals surface area contributed by atoms with Crippen LogP contribution in [0.15, 0.2) is 0 Å². The van der Waals surface area contributed by atoms with Gasteiger partial charge in [0.25, 0.3) is 0 Å². The molecule has 0 aromatic heterocycles. The molecule has 0 radical (unpaired) electrons. The summed E-state index contributed by atoms with van der Waals surface area (Å²) in [6, 6.07) is 2.27. The van der Waals surface area contributed by atoms with Crippen molar-refractivity contribution in [2.45, 2.75) is 175 Å². The molecule has 270 valence electrons. The van der Waals surface area contributed by atoms with Crippen molar-refractivity contribution in [2.75, 3.05) is 12.3 Å². The highest BCUT2D eigenvalue weighted by atomic mass is 32.2. The van der Waals surface area contributed by atoms with E-state index in [4.69, 9.17) is 10.5 Å². The van der Waals surface area contributed by atoms with Gasteiger partial charge >= 0.3 is 5.97 Å². The molecule has 0 aromatic carbocycles. The normalized spacial score (nSPS) is 18.9. The Bertz CT molecular complexity index is 985. The van der Waals surface area contributed by atoms with Gasteiger partial charge in [0.05, 0.1) is 17.5 Å². The minimum Gasteiger partial charge on any atom is -0.463 e. The number of nitriles is 1. The van der Waals surface area contributed by atoms with Gasteiger partial charge in [-0.2, -0.15) is 5.26 Å². The predicted molar refractivity (Wildman–Crippen MR) is 192 cm³/mol. The third-order valence-corrected chi connectivity index (χ3v) is 11.2. The SMILES string of the molecule is CCCCCCCCCCCCSC(=O)C(C)CC(CC(CC(C#N)CC(CC)OC(C)=O)C(N)=O)C(=O)N1CC1(CC)CCCC. The van der Waals surface area contributed by atoms with Crippen LogP contribution in [0.5, 0.6) is 0 Å². The van der Waals surface area contributed by atoms with Crippen molar-refractivity contribution in [3.8, 4) is 6.07 Å². The Morgan fingerprint density at radius 3 is 1.96 bits per heavy atom. The van der Waals surface area contributed by atoms with Crippen molar-refractivity contribution < 1.29 is 23.9 Å². The molecule has 8 nitrogen and oxygen atoms in total. The summed E-state index contributed by atoms with van der Waals surface area (Å²) >= 11 is 1.37. The number of nitrogens with zero attached hydrogens (tertiary/aromatic N) is 2. The van der Waals surface area contributed by atoms with Crippen molar-refractivity contribution in [2.24, 2.45) is 29.4 Å². The second-order valence-corrected chi connectivity index (χ2v) is 15.2. The first-order chi connectivity index (χ1) is 22.5. The molecule has 6 unspecified atom stereocenters. The summed E-state index contributed by atoms with van der Waals surface area (Å²) < 4.78 is 5.35. The van der Waals surface area contributed by atoms with Crippen molar-refractivity contribution >= 4 is 34.7 Å². The number of unbranched alkanes of at least 4 members (excludes halogenated alkanes) is 10. The Labute approximate surface area is 291 Å². The zero-order valence-corrected chi connectivity index (χ0v) is 31.5. The van der Waals surface area contributed by atoms with Crippen LogP contribution in [-0.4, -0.2) is 51.7 Å². The van der Waals surface area contributed by atoms with Crippen LogP contribution in [0.3, 0.4) is 0 Å². The number of hydrogen-bond acceptors (Lipinski definition) is 7. The van der Waals surface area contributed by atoms with Crippen LogP contribution < -0.4 is 5.73 Å². The van der Waals surface area contributed by atoms with Gasteiger partial charge in [-0.1, -0.05) is 117 Å². The zero-order valence-electron chi connectivity index (χ0n) is 30.7. The standard InChI is InChI=1S/C38H67N3O5S/c1-7-11-13-14-15-16-17-18-19-20-22-47-37(45)29(5)23-33(36(44)41-28-38(41,10-4)21-12-8-2)26-32(35(40)43)24-31(27-39)25-34(9-3)46-30(6)42/h29,31-34H,7-26,28H2,1-6H3,(H2,40,43). The molecule has 1 fully saturated rings. The third kappa shape index (κ3) is 16.7. The van der Waals surface area contributed by atoms with E-state index in [0.717, 1.165) is 44.3 Å². The number of rotatable bonds is 28. The lowest BCUT2D eigenvalue weighted by Gasteiger charge is -2.27. The summed E-state index contributed by atoms with van der Waals surface area (Å²) in [6.45, 7) is 12.3. The van der Waals surface area contributed by atoms with E-state index >= 15 is 0 Å². The van der Waals surface area contributed by atoms with E-state index in [1.807, 2.05) is 18.7 Å². The Morgan fingerprint density at radius 1 is 0.851 bits per heavy atom. The van der Waals surface area contributed by atoms with Gasteiger partial charge in [-0.15, -0.1) is 0 Å². The lowest BCUT2D eigenvalue weighted by molar-refractivity contribution is -0.147. The molecule has 0 saturated carbocycles. The lowest BCUT2D eigenvalue weighted by Crippen LogP contribution is -2.35. The van der Waals surface area contributed by atoms with Gasteiger partial charge in [0.1, 0.15) is 6.10 Å². The highest BCUT2D eigenvalue weighted by Crippen LogP contribution is 2.43. The van der Waals surface area contributed by atoms with Gasteiger partial charge in [-0.05, 0) is 44.9 Å². The molecule has 0 spiro atoms. The molecule has 1 aliphatic heterocycles. The summed E-state index contributed by atoms with van der Waals surface area (Å²) in [7, 11) is 0. The average molecular weight is 678 g/mol. The quantitative estimate of drug-likeness (QED) is 0.0498. The van der Waals surface area contributed by atoms with Crippen LogP contribution in [0.2, 0.25) is 0 Å². The summed E-state index contributed by atoms with van der Waals surface area (Å²) in [5.74, 6) is -2.29. The summed E-state index contributed by atoms with van der Waals surface area (Å²) in [5.41, 5.74) is 5.74. The number of carbonyl (C=O) groups excluding carboxylic acids is 4. The van der Waals surface area contributed by atoms with Gasteiger partial charge in [-0.25, -0.2) is 0 Å². The molecule has 2 amide bonds. The summed E-state index contributed by atoms with van der Waals surface area (Å²) in [5, 5.41) is 10.0. The molecule has 0 bridgehead atoms. The fraction of sp³-hybridized carbons (Fsp3) is 0.868. The van der Waals surface area contributed by atoms with Crippen molar-refractivity contribution in [3.05, 3.63) is 0 Å². The number of hydrogen-bond donors (Lipinski definition) is 1. The van der Waals surface area contributed by atoms with Crippen LogP contribution >= 0.6 is 11.8 Å². The maximum atomic E-state index is 14.1. The maximum absolute atomic E-state index is 14.1. The molecule has 2 N–H and O–H groups in total. The first-order valence-corrected chi connectivity index (χ1v) is 19.8. The van der Waals surface area contributed by atoms with E-state index in [1.54, 1.807) is 0 Å². The largest absolute Gasteiger partial charge is 0.463 e. The average Bonchev–Trinajstić information content (AvgIpc) is 3.78. The van der Waals surface area contributed by atoms with Gasteiger partial charge in [-0.3, -0.25) is 19.2 Å². The second kappa shape index (κ2) is 24.1.